The maximum absolute atomic E-state index is 12.9. The van der Waals surface area contributed by atoms with Crippen molar-refractivity contribution in [3.05, 3.63) is 0 Å². The summed E-state index contributed by atoms with van der Waals surface area (Å²) in [6, 6.07) is 0.447. The smallest absolute Gasteiger partial charge is 0.264 e. The van der Waals surface area contributed by atoms with Crippen molar-refractivity contribution in [3.8, 4) is 0 Å². The zero-order valence-electron chi connectivity index (χ0n) is 7.63. The van der Waals surface area contributed by atoms with Gasteiger partial charge in [0.1, 0.15) is 0 Å². The van der Waals surface area contributed by atoms with E-state index < -0.39 is 18.5 Å². The summed E-state index contributed by atoms with van der Waals surface area (Å²) in [5, 5.41) is 0. The maximum Gasteiger partial charge on any atom is 0.264 e. The predicted octanol–water partition coefficient (Wildman–Crippen LogP) is 1.53. The average Bonchev–Trinajstić information content (AvgIpc) is 1.76. The van der Waals surface area contributed by atoms with Gasteiger partial charge in [-0.2, -0.15) is 8.42 Å². The molecule has 0 heterocycles. The van der Waals surface area contributed by atoms with Crippen molar-refractivity contribution >= 4 is 18.5 Å². The second kappa shape index (κ2) is 4.34. The molecular formula is C6H15FO3SSi. The van der Waals surface area contributed by atoms with E-state index in [4.69, 9.17) is 0 Å². The third kappa shape index (κ3) is 10.1. The summed E-state index contributed by atoms with van der Waals surface area (Å²) in [5.74, 6) is 0. The van der Waals surface area contributed by atoms with Crippen LogP contribution in [-0.2, 0) is 14.3 Å². The van der Waals surface area contributed by atoms with Gasteiger partial charge < -0.3 is 4.11 Å². The first-order chi connectivity index (χ1) is 5.21. The van der Waals surface area contributed by atoms with Crippen molar-refractivity contribution in [2.45, 2.75) is 25.6 Å². The third-order valence-corrected chi connectivity index (χ3v) is 3.35. The lowest BCUT2D eigenvalue weighted by atomic mass is 10.5. The van der Waals surface area contributed by atoms with Crippen LogP contribution in [0.1, 0.15) is 6.42 Å². The largest absolute Gasteiger partial charge is 0.314 e. The van der Waals surface area contributed by atoms with E-state index in [9.17, 15) is 12.5 Å². The van der Waals surface area contributed by atoms with Gasteiger partial charge in [-0.3, -0.25) is 4.18 Å². The SMILES string of the molecule is C[Si](C)(F)CCCOS(C)(=O)=O. The highest BCUT2D eigenvalue weighted by atomic mass is 32.2. The Hall–Kier alpha value is 0.0569. The van der Waals surface area contributed by atoms with Crippen molar-refractivity contribution in [1.29, 1.82) is 0 Å². The van der Waals surface area contributed by atoms with Crippen LogP contribution in [0.5, 0.6) is 0 Å². The van der Waals surface area contributed by atoms with Crippen LogP contribution in [0.3, 0.4) is 0 Å². The number of hydrogen-bond acceptors (Lipinski definition) is 3. The van der Waals surface area contributed by atoms with Crippen LogP contribution in [-0.4, -0.2) is 29.7 Å². The molecule has 0 aromatic carbocycles. The Morgan fingerprint density at radius 3 is 2.25 bits per heavy atom. The minimum atomic E-state index is -3.35. The van der Waals surface area contributed by atoms with E-state index in [-0.39, 0.29) is 6.61 Å². The van der Waals surface area contributed by atoms with Crippen molar-refractivity contribution < 1.29 is 16.7 Å². The lowest BCUT2D eigenvalue weighted by Gasteiger charge is -2.09. The van der Waals surface area contributed by atoms with Gasteiger partial charge in [0.05, 0.1) is 12.9 Å². The first-order valence-corrected chi connectivity index (χ1v) is 8.64. The molecule has 6 heteroatoms. The summed E-state index contributed by atoms with van der Waals surface area (Å²) in [7, 11) is -5.88. The molecule has 0 unspecified atom stereocenters. The highest BCUT2D eigenvalue weighted by Gasteiger charge is 2.19. The second-order valence-corrected chi connectivity index (χ2v) is 8.93. The highest BCUT2D eigenvalue weighted by molar-refractivity contribution is 7.85. The van der Waals surface area contributed by atoms with Crippen molar-refractivity contribution in [3.63, 3.8) is 0 Å². The molecule has 0 rings (SSSR count). The maximum atomic E-state index is 12.9. The third-order valence-electron chi connectivity index (χ3n) is 1.21. The Balaban J connectivity index is 3.48. The minimum Gasteiger partial charge on any atom is -0.314 e. The summed E-state index contributed by atoms with van der Waals surface area (Å²) in [5.41, 5.74) is 0. The molecule has 0 aliphatic heterocycles. The molecule has 0 amide bonds. The topological polar surface area (TPSA) is 43.4 Å². The standard InChI is InChI=1S/C6H15FO3SSi/c1-11(8,9)10-5-4-6-12(2,3)7/h4-6H2,1-3H3. The van der Waals surface area contributed by atoms with Crippen LogP contribution in [0, 0.1) is 0 Å². The van der Waals surface area contributed by atoms with Gasteiger partial charge in [-0.25, -0.2) is 0 Å². The van der Waals surface area contributed by atoms with Crippen LogP contribution in [0.4, 0.5) is 4.11 Å². The lowest BCUT2D eigenvalue weighted by Crippen LogP contribution is -2.18. The molecule has 0 bridgehead atoms. The van der Waals surface area contributed by atoms with E-state index in [0.717, 1.165) is 6.26 Å². The normalized spacial score (nSPS) is 13.3. The Kier molecular flexibility index (Phi) is 4.36. The summed E-state index contributed by atoms with van der Waals surface area (Å²) in [6.45, 7) is 3.28. The lowest BCUT2D eigenvalue weighted by molar-refractivity contribution is 0.320. The molecule has 0 atom stereocenters. The first-order valence-electron chi connectivity index (χ1n) is 3.74. The highest BCUT2D eigenvalue weighted by Crippen LogP contribution is 2.12. The Bertz CT molecular complexity index is 219. The average molecular weight is 214 g/mol. The fourth-order valence-corrected chi connectivity index (χ4v) is 2.11. The molecular weight excluding hydrogens is 199 g/mol. The molecule has 0 aliphatic rings. The van der Waals surface area contributed by atoms with Crippen LogP contribution < -0.4 is 0 Å². The van der Waals surface area contributed by atoms with Crippen molar-refractivity contribution in [2.24, 2.45) is 0 Å². The van der Waals surface area contributed by atoms with Gasteiger partial charge in [-0.1, -0.05) is 0 Å². The molecule has 0 spiro atoms. The molecule has 0 radical (unpaired) electrons. The van der Waals surface area contributed by atoms with Gasteiger partial charge >= 0.3 is 0 Å². The van der Waals surface area contributed by atoms with Crippen LogP contribution in [0.15, 0.2) is 0 Å². The molecule has 0 saturated heterocycles. The van der Waals surface area contributed by atoms with Crippen LogP contribution >= 0.6 is 0 Å². The number of halogens is 1. The van der Waals surface area contributed by atoms with E-state index in [1.165, 1.54) is 0 Å². The van der Waals surface area contributed by atoms with Gasteiger partial charge in [0.25, 0.3) is 10.1 Å². The van der Waals surface area contributed by atoms with Crippen LogP contribution in [0.25, 0.3) is 0 Å². The summed E-state index contributed by atoms with van der Waals surface area (Å²) < 4.78 is 38.3. The Labute approximate surface area is 74.2 Å². The van der Waals surface area contributed by atoms with Gasteiger partial charge in [0.15, 0.2) is 0 Å². The number of rotatable bonds is 5. The van der Waals surface area contributed by atoms with E-state index in [0.29, 0.717) is 12.5 Å². The fourth-order valence-electron chi connectivity index (χ4n) is 0.703. The summed E-state index contributed by atoms with van der Waals surface area (Å²) in [4.78, 5) is 0. The molecule has 0 aromatic rings. The Morgan fingerprint density at radius 2 is 1.92 bits per heavy atom. The molecule has 3 nitrogen and oxygen atoms in total. The van der Waals surface area contributed by atoms with Gasteiger partial charge in [0.2, 0.25) is 8.41 Å². The molecule has 74 valence electrons. The molecule has 0 N–H and O–H groups in total. The molecule has 0 saturated carbocycles. The van der Waals surface area contributed by atoms with E-state index in [2.05, 4.69) is 4.18 Å². The molecule has 0 aliphatic carbocycles. The fraction of sp³-hybridized carbons (Fsp3) is 1.00. The zero-order chi connectivity index (χ0) is 9.83. The van der Waals surface area contributed by atoms with Crippen molar-refractivity contribution in [1.82, 2.24) is 0 Å². The van der Waals surface area contributed by atoms with Crippen molar-refractivity contribution in [2.75, 3.05) is 12.9 Å². The van der Waals surface area contributed by atoms with E-state index >= 15 is 0 Å². The van der Waals surface area contributed by atoms with Crippen LogP contribution in [0.2, 0.25) is 19.1 Å². The first kappa shape index (κ1) is 12.1. The summed E-state index contributed by atoms with van der Waals surface area (Å²) >= 11 is 0. The van der Waals surface area contributed by atoms with Gasteiger partial charge in [-0.05, 0) is 25.6 Å². The van der Waals surface area contributed by atoms with E-state index in [1.54, 1.807) is 13.1 Å². The van der Waals surface area contributed by atoms with Gasteiger partial charge in [0, 0.05) is 0 Å². The molecule has 0 fully saturated rings. The second-order valence-electron chi connectivity index (χ2n) is 3.35. The zero-order valence-corrected chi connectivity index (χ0v) is 9.45. The predicted molar refractivity (Wildman–Crippen MR) is 48.8 cm³/mol. The molecule has 12 heavy (non-hydrogen) atoms. The minimum absolute atomic E-state index is 0.0964. The summed E-state index contributed by atoms with van der Waals surface area (Å²) in [6.07, 6.45) is 1.47. The quantitative estimate of drug-likeness (QED) is 0.302. The molecule has 0 aromatic heterocycles. The monoisotopic (exact) mass is 214 g/mol. The van der Waals surface area contributed by atoms with E-state index in [1.807, 2.05) is 0 Å². The van der Waals surface area contributed by atoms with Gasteiger partial charge in [-0.15, -0.1) is 0 Å². The number of hydrogen-bond donors (Lipinski definition) is 0. The Morgan fingerprint density at radius 1 is 1.42 bits per heavy atom.